The number of hydrogen-bond acceptors (Lipinski definition) is 6. The first-order valence-electron chi connectivity index (χ1n) is 12.1. The minimum Gasteiger partial charge on any atom is -0.493 e. The summed E-state index contributed by atoms with van der Waals surface area (Å²) in [7, 11) is 0. The zero-order valence-corrected chi connectivity index (χ0v) is 20.6. The van der Waals surface area contributed by atoms with Gasteiger partial charge in [-0.1, -0.05) is 24.3 Å². The fourth-order valence-electron chi connectivity index (χ4n) is 4.24. The molecule has 0 saturated carbocycles. The summed E-state index contributed by atoms with van der Waals surface area (Å²) in [4.78, 5) is 39.9. The Kier molecular flexibility index (Phi) is 9.11. The lowest BCUT2D eigenvalue weighted by molar-refractivity contribution is -0.151. The van der Waals surface area contributed by atoms with Gasteiger partial charge in [-0.15, -0.1) is 0 Å². The summed E-state index contributed by atoms with van der Waals surface area (Å²) < 4.78 is 10.9. The summed E-state index contributed by atoms with van der Waals surface area (Å²) in [6, 6.07) is 11.2. The van der Waals surface area contributed by atoms with Crippen LogP contribution in [0.3, 0.4) is 0 Å². The van der Waals surface area contributed by atoms with Crippen LogP contribution in [-0.2, 0) is 20.7 Å². The fourth-order valence-corrected chi connectivity index (χ4v) is 4.24. The van der Waals surface area contributed by atoms with Gasteiger partial charge in [0.2, 0.25) is 5.91 Å². The molecule has 1 amide bonds. The quantitative estimate of drug-likeness (QED) is 0.491. The molecule has 0 bridgehead atoms. The van der Waals surface area contributed by atoms with E-state index in [0.717, 1.165) is 31.6 Å². The van der Waals surface area contributed by atoms with Gasteiger partial charge in [0, 0.05) is 24.3 Å². The van der Waals surface area contributed by atoms with Crippen molar-refractivity contribution < 1.29 is 29.0 Å². The van der Waals surface area contributed by atoms with E-state index in [1.807, 2.05) is 24.3 Å². The standard InChI is InChI=1S/C27H34N2O6/c1-4-34-23-16-19(12-13-21(23)26(31)32)17-24(30)28-25(27(33)35-18(2)3)20-10-6-7-11-22(20)29-14-8-5-9-15-29/h6-7,10-13,16,18,25H,4-5,8-9,14-15,17H2,1-3H3,(H,28,30)(H,31,32). The number of carbonyl (C=O) groups excluding carboxylic acids is 2. The third kappa shape index (κ3) is 6.97. The third-order valence-electron chi connectivity index (χ3n) is 5.78. The number of rotatable bonds is 10. The van der Waals surface area contributed by atoms with Gasteiger partial charge < -0.3 is 24.8 Å². The van der Waals surface area contributed by atoms with Gasteiger partial charge in [0.1, 0.15) is 11.3 Å². The molecule has 1 fully saturated rings. The lowest BCUT2D eigenvalue weighted by Crippen LogP contribution is -2.38. The number of amides is 1. The van der Waals surface area contributed by atoms with Crippen molar-refractivity contribution in [2.75, 3.05) is 24.6 Å². The summed E-state index contributed by atoms with van der Waals surface area (Å²) >= 11 is 0. The van der Waals surface area contributed by atoms with E-state index in [2.05, 4.69) is 10.2 Å². The largest absolute Gasteiger partial charge is 0.493 e. The van der Waals surface area contributed by atoms with Crippen molar-refractivity contribution in [3.63, 3.8) is 0 Å². The molecule has 188 valence electrons. The molecule has 0 radical (unpaired) electrons. The van der Waals surface area contributed by atoms with E-state index in [0.29, 0.717) is 17.7 Å². The number of benzene rings is 2. The molecular formula is C27H34N2O6. The summed E-state index contributed by atoms with van der Waals surface area (Å²) in [6.45, 7) is 7.39. The topological polar surface area (TPSA) is 105 Å². The van der Waals surface area contributed by atoms with E-state index in [1.165, 1.54) is 12.5 Å². The van der Waals surface area contributed by atoms with Crippen LogP contribution in [-0.4, -0.2) is 48.8 Å². The second-order valence-electron chi connectivity index (χ2n) is 8.84. The molecule has 1 unspecified atom stereocenters. The van der Waals surface area contributed by atoms with Crippen molar-refractivity contribution in [3.8, 4) is 5.75 Å². The third-order valence-corrected chi connectivity index (χ3v) is 5.78. The number of hydrogen-bond donors (Lipinski definition) is 2. The van der Waals surface area contributed by atoms with Gasteiger partial charge >= 0.3 is 11.9 Å². The second-order valence-corrected chi connectivity index (χ2v) is 8.84. The Labute approximate surface area is 206 Å². The van der Waals surface area contributed by atoms with Crippen LogP contribution in [0.5, 0.6) is 5.75 Å². The maximum atomic E-state index is 13.1. The SMILES string of the molecule is CCOc1cc(CC(=O)NC(C(=O)OC(C)C)c2ccccc2N2CCCCC2)ccc1C(=O)O. The molecule has 3 rings (SSSR count). The first-order valence-corrected chi connectivity index (χ1v) is 12.1. The van der Waals surface area contributed by atoms with Crippen molar-refractivity contribution >= 4 is 23.5 Å². The van der Waals surface area contributed by atoms with Crippen LogP contribution in [0.2, 0.25) is 0 Å². The van der Waals surface area contributed by atoms with Crippen LogP contribution in [0.25, 0.3) is 0 Å². The van der Waals surface area contributed by atoms with Crippen molar-refractivity contribution in [3.05, 3.63) is 59.2 Å². The summed E-state index contributed by atoms with van der Waals surface area (Å²) in [5, 5.41) is 12.2. The summed E-state index contributed by atoms with van der Waals surface area (Å²) in [5.74, 6) is -1.80. The van der Waals surface area contributed by atoms with E-state index in [4.69, 9.17) is 9.47 Å². The molecule has 0 aromatic heterocycles. The van der Waals surface area contributed by atoms with Gasteiger partial charge in [-0.3, -0.25) is 4.79 Å². The molecular weight excluding hydrogens is 448 g/mol. The minimum absolute atomic E-state index is 0.0323. The number of nitrogens with one attached hydrogen (secondary N) is 1. The number of esters is 1. The summed E-state index contributed by atoms with van der Waals surface area (Å²) in [5.41, 5.74) is 2.23. The zero-order chi connectivity index (χ0) is 25.4. The van der Waals surface area contributed by atoms with Gasteiger partial charge in [0.15, 0.2) is 6.04 Å². The van der Waals surface area contributed by atoms with E-state index in [1.54, 1.807) is 32.9 Å². The highest BCUT2D eigenvalue weighted by molar-refractivity contribution is 5.92. The number of aromatic carboxylic acids is 1. The van der Waals surface area contributed by atoms with E-state index in [-0.39, 0.29) is 29.7 Å². The van der Waals surface area contributed by atoms with Crippen molar-refractivity contribution in [2.24, 2.45) is 0 Å². The average Bonchev–Trinajstić information content (AvgIpc) is 2.83. The van der Waals surface area contributed by atoms with Gasteiger partial charge in [-0.05, 0) is 63.8 Å². The summed E-state index contributed by atoms with van der Waals surface area (Å²) in [6.07, 6.45) is 2.96. The normalized spacial score (nSPS) is 14.3. The highest BCUT2D eigenvalue weighted by atomic mass is 16.5. The van der Waals surface area contributed by atoms with Crippen molar-refractivity contribution in [1.82, 2.24) is 5.32 Å². The average molecular weight is 483 g/mol. The Morgan fingerprint density at radius 3 is 2.43 bits per heavy atom. The van der Waals surface area contributed by atoms with Crippen LogP contribution in [0.4, 0.5) is 5.69 Å². The number of ether oxygens (including phenoxy) is 2. The molecule has 35 heavy (non-hydrogen) atoms. The lowest BCUT2D eigenvalue weighted by atomic mass is 10.0. The molecule has 2 aromatic carbocycles. The van der Waals surface area contributed by atoms with Crippen molar-refractivity contribution in [1.29, 1.82) is 0 Å². The lowest BCUT2D eigenvalue weighted by Gasteiger charge is -2.32. The predicted octanol–water partition coefficient (Wildman–Crippen LogP) is 4.13. The fraction of sp³-hybridized carbons (Fsp3) is 0.444. The predicted molar refractivity (Wildman–Crippen MR) is 133 cm³/mol. The first-order chi connectivity index (χ1) is 16.8. The number of para-hydroxylation sites is 1. The molecule has 1 atom stereocenters. The van der Waals surface area contributed by atoms with Crippen LogP contribution >= 0.6 is 0 Å². The Hall–Kier alpha value is -3.55. The first kappa shape index (κ1) is 26.1. The minimum atomic E-state index is -1.10. The Balaban J connectivity index is 1.86. The molecule has 8 nitrogen and oxygen atoms in total. The number of piperidine rings is 1. The van der Waals surface area contributed by atoms with Crippen LogP contribution in [0.1, 0.15) is 67.6 Å². The van der Waals surface area contributed by atoms with Gasteiger partial charge in [-0.25, -0.2) is 9.59 Å². The molecule has 1 aliphatic heterocycles. The molecule has 2 aromatic rings. The molecule has 0 aliphatic carbocycles. The van der Waals surface area contributed by atoms with Crippen LogP contribution in [0.15, 0.2) is 42.5 Å². The highest BCUT2D eigenvalue weighted by Crippen LogP contribution is 2.30. The van der Waals surface area contributed by atoms with Crippen LogP contribution in [0, 0.1) is 0 Å². The van der Waals surface area contributed by atoms with Crippen LogP contribution < -0.4 is 15.0 Å². The molecule has 1 heterocycles. The monoisotopic (exact) mass is 482 g/mol. The van der Waals surface area contributed by atoms with Crippen molar-refractivity contribution in [2.45, 2.75) is 58.6 Å². The maximum absolute atomic E-state index is 13.1. The molecule has 8 heteroatoms. The second kappa shape index (κ2) is 12.2. The number of anilines is 1. The van der Waals surface area contributed by atoms with Gasteiger partial charge in [0.05, 0.1) is 19.1 Å². The maximum Gasteiger partial charge on any atom is 0.339 e. The number of carboxylic acid groups (broad SMARTS) is 1. The number of nitrogens with zero attached hydrogens (tertiary/aromatic N) is 1. The van der Waals surface area contributed by atoms with Gasteiger partial charge in [0.25, 0.3) is 0 Å². The Bertz CT molecular complexity index is 1050. The smallest absolute Gasteiger partial charge is 0.339 e. The number of carboxylic acids is 1. The molecule has 1 saturated heterocycles. The highest BCUT2D eigenvalue weighted by Gasteiger charge is 2.29. The Morgan fingerprint density at radius 1 is 1.06 bits per heavy atom. The molecule has 2 N–H and O–H groups in total. The molecule has 1 aliphatic rings. The van der Waals surface area contributed by atoms with E-state index in [9.17, 15) is 19.5 Å². The molecule has 0 spiro atoms. The van der Waals surface area contributed by atoms with E-state index >= 15 is 0 Å². The zero-order valence-electron chi connectivity index (χ0n) is 20.6. The number of carbonyl (C=O) groups is 3. The van der Waals surface area contributed by atoms with E-state index < -0.39 is 18.0 Å². The Morgan fingerprint density at radius 2 is 1.77 bits per heavy atom. The van der Waals surface area contributed by atoms with Gasteiger partial charge in [-0.2, -0.15) is 0 Å².